The smallest absolute Gasteiger partial charge is 0.219 e. The second-order valence-corrected chi connectivity index (χ2v) is 5.80. The molecule has 0 saturated carbocycles. The van der Waals surface area contributed by atoms with Gasteiger partial charge < -0.3 is 10.3 Å². The molecule has 0 aliphatic heterocycles. The van der Waals surface area contributed by atoms with E-state index in [9.17, 15) is 4.79 Å². The van der Waals surface area contributed by atoms with E-state index >= 15 is 0 Å². The first-order valence-electron chi connectivity index (χ1n) is 8.15. The molecule has 0 fully saturated rings. The van der Waals surface area contributed by atoms with Gasteiger partial charge in [-0.1, -0.05) is 60.7 Å². The number of nitrogens with two attached hydrogens (primary N) is 1. The monoisotopic (exact) mass is 319 g/mol. The van der Waals surface area contributed by atoms with Crippen molar-refractivity contribution in [1.82, 2.24) is 9.55 Å². The van der Waals surface area contributed by atoms with Crippen LogP contribution in [0.1, 0.15) is 17.7 Å². The zero-order valence-electron chi connectivity index (χ0n) is 13.6. The Labute approximate surface area is 142 Å². The van der Waals surface area contributed by atoms with Crippen molar-refractivity contribution >= 4 is 5.91 Å². The highest BCUT2D eigenvalue weighted by Gasteiger charge is 2.13. The summed E-state index contributed by atoms with van der Waals surface area (Å²) in [4.78, 5) is 15.7. The largest absolute Gasteiger partial charge is 0.370 e. The number of imidazole rings is 1. The van der Waals surface area contributed by atoms with E-state index in [1.807, 2.05) is 30.6 Å². The minimum absolute atomic E-state index is 0.293. The van der Waals surface area contributed by atoms with Crippen LogP contribution in [0.3, 0.4) is 0 Å². The summed E-state index contributed by atoms with van der Waals surface area (Å²) in [6.45, 7) is 0.569. The molecule has 4 heteroatoms. The highest BCUT2D eigenvalue weighted by molar-refractivity contribution is 5.73. The lowest BCUT2D eigenvalue weighted by molar-refractivity contribution is -0.118. The van der Waals surface area contributed by atoms with Gasteiger partial charge in [0.15, 0.2) is 0 Å². The van der Waals surface area contributed by atoms with Gasteiger partial charge in [-0.25, -0.2) is 4.98 Å². The maximum Gasteiger partial charge on any atom is 0.219 e. The Bertz CT molecular complexity index is 794. The Balaban J connectivity index is 1.87. The molecule has 4 nitrogen and oxygen atoms in total. The molecular weight excluding hydrogens is 298 g/mol. The van der Waals surface area contributed by atoms with Gasteiger partial charge in [-0.15, -0.1) is 0 Å². The molecule has 2 aromatic carbocycles. The third-order valence-corrected chi connectivity index (χ3v) is 4.09. The number of benzene rings is 2. The first kappa shape index (κ1) is 16.0. The summed E-state index contributed by atoms with van der Waals surface area (Å²) in [5, 5.41) is 0. The van der Waals surface area contributed by atoms with Crippen LogP contribution >= 0.6 is 0 Å². The summed E-state index contributed by atoms with van der Waals surface area (Å²) >= 11 is 0. The summed E-state index contributed by atoms with van der Waals surface area (Å²) in [5.74, 6) is -0.293. The number of rotatable bonds is 7. The second-order valence-electron chi connectivity index (χ2n) is 5.80. The number of nitrogens with zero attached hydrogens (tertiary/aromatic N) is 2. The van der Waals surface area contributed by atoms with E-state index in [1.165, 1.54) is 5.56 Å². The van der Waals surface area contributed by atoms with Crippen LogP contribution in [0.25, 0.3) is 11.3 Å². The molecule has 0 spiro atoms. The van der Waals surface area contributed by atoms with Gasteiger partial charge in [0.1, 0.15) is 0 Å². The lowest BCUT2D eigenvalue weighted by Crippen LogP contribution is -2.15. The Morgan fingerprint density at radius 3 is 2.29 bits per heavy atom. The molecular formula is C20H21N3O. The van der Waals surface area contributed by atoms with E-state index in [2.05, 4.69) is 45.9 Å². The maximum atomic E-state index is 11.1. The van der Waals surface area contributed by atoms with Gasteiger partial charge in [0.05, 0.1) is 12.0 Å². The van der Waals surface area contributed by atoms with Gasteiger partial charge in [-0.3, -0.25) is 4.79 Å². The molecule has 3 aromatic rings. The lowest BCUT2D eigenvalue weighted by atomic mass is 10.0. The van der Waals surface area contributed by atoms with Crippen molar-refractivity contribution in [3.63, 3.8) is 0 Å². The van der Waals surface area contributed by atoms with Crippen LogP contribution in [0.15, 0.2) is 67.0 Å². The van der Waals surface area contributed by atoms with Crippen LogP contribution in [0.4, 0.5) is 0 Å². The van der Waals surface area contributed by atoms with Gasteiger partial charge in [0.25, 0.3) is 0 Å². The van der Waals surface area contributed by atoms with Gasteiger partial charge >= 0.3 is 0 Å². The molecule has 24 heavy (non-hydrogen) atoms. The molecule has 122 valence electrons. The van der Waals surface area contributed by atoms with Crippen LogP contribution < -0.4 is 5.73 Å². The van der Waals surface area contributed by atoms with Crippen LogP contribution in [-0.4, -0.2) is 15.5 Å². The SMILES string of the molecule is NC(=O)CCn1cnc(-c2ccccc2)c1CCc1ccccc1. The summed E-state index contributed by atoms with van der Waals surface area (Å²) in [7, 11) is 0. The van der Waals surface area contributed by atoms with E-state index in [0.717, 1.165) is 29.8 Å². The molecule has 3 rings (SSSR count). The topological polar surface area (TPSA) is 60.9 Å². The Morgan fingerprint density at radius 2 is 1.62 bits per heavy atom. The van der Waals surface area contributed by atoms with E-state index in [0.29, 0.717) is 13.0 Å². The van der Waals surface area contributed by atoms with Crippen molar-refractivity contribution in [2.24, 2.45) is 5.73 Å². The molecule has 0 unspecified atom stereocenters. The van der Waals surface area contributed by atoms with Crippen LogP contribution in [0.5, 0.6) is 0 Å². The fraction of sp³-hybridized carbons (Fsp3) is 0.200. The molecule has 0 aliphatic carbocycles. The van der Waals surface area contributed by atoms with Crippen molar-refractivity contribution in [2.75, 3.05) is 0 Å². The number of carbonyl (C=O) groups is 1. The predicted molar refractivity (Wildman–Crippen MR) is 95.3 cm³/mol. The van der Waals surface area contributed by atoms with Gasteiger partial charge in [-0.2, -0.15) is 0 Å². The van der Waals surface area contributed by atoms with Gasteiger partial charge in [-0.05, 0) is 18.4 Å². The average molecular weight is 319 g/mol. The summed E-state index contributed by atoms with van der Waals surface area (Å²) in [6, 6.07) is 20.5. The van der Waals surface area contributed by atoms with Crippen molar-refractivity contribution in [3.8, 4) is 11.3 Å². The van der Waals surface area contributed by atoms with E-state index in [4.69, 9.17) is 5.73 Å². The van der Waals surface area contributed by atoms with Crippen LogP contribution in [-0.2, 0) is 24.2 Å². The zero-order chi connectivity index (χ0) is 16.8. The normalized spacial score (nSPS) is 10.7. The fourth-order valence-corrected chi connectivity index (χ4v) is 2.84. The number of hydrogen-bond donors (Lipinski definition) is 1. The number of primary amides is 1. The number of hydrogen-bond acceptors (Lipinski definition) is 2. The fourth-order valence-electron chi connectivity index (χ4n) is 2.84. The molecule has 0 atom stereocenters. The molecule has 1 aromatic heterocycles. The number of carbonyl (C=O) groups excluding carboxylic acids is 1. The van der Waals surface area contributed by atoms with E-state index in [-0.39, 0.29) is 5.91 Å². The molecule has 1 amide bonds. The minimum atomic E-state index is -0.293. The van der Waals surface area contributed by atoms with Crippen molar-refractivity contribution in [1.29, 1.82) is 0 Å². The Hall–Kier alpha value is -2.88. The van der Waals surface area contributed by atoms with Crippen molar-refractivity contribution < 1.29 is 4.79 Å². The van der Waals surface area contributed by atoms with Crippen molar-refractivity contribution in [3.05, 3.63) is 78.2 Å². The van der Waals surface area contributed by atoms with E-state index < -0.39 is 0 Å². The summed E-state index contributed by atoms with van der Waals surface area (Å²) < 4.78 is 2.05. The highest BCUT2D eigenvalue weighted by atomic mass is 16.1. The number of amides is 1. The zero-order valence-corrected chi connectivity index (χ0v) is 13.6. The Kier molecular flexibility index (Phi) is 5.06. The van der Waals surface area contributed by atoms with Gasteiger partial charge in [0.2, 0.25) is 5.91 Å². The number of aryl methyl sites for hydroxylation is 2. The second kappa shape index (κ2) is 7.59. The van der Waals surface area contributed by atoms with Crippen molar-refractivity contribution in [2.45, 2.75) is 25.8 Å². The lowest BCUT2D eigenvalue weighted by Gasteiger charge is -2.10. The number of aromatic nitrogens is 2. The maximum absolute atomic E-state index is 11.1. The quantitative estimate of drug-likeness (QED) is 0.727. The Morgan fingerprint density at radius 1 is 0.958 bits per heavy atom. The molecule has 0 saturated heterocycles. The first-order chi connectivity index (χ1) is 11.7. The molecule has 0 aliphatic rings. The standard InChI is InChI=1S/C20H21N3O/c21-19(24)13-14-23-15-22-20(17-9-5-2-6-10-17)18(23)12-11-16-7-3-1-4-8-16/h1-10,15H,11-14H2,(H2,21,24). The summed E-state index contributed by atoms with van der Waals surface area (Å²) in [6.07, 6.45) is 3.93. The third kappa shape index (κ3) is 3.90. The predicted octanol–water partition coefficient (Wildman–Crippen LogP) is 3.21. The first-order valence-corrected chi connectivity index (χ1v) is 8.15. The average Bonchev–Trinajstić information content (AvgIpc) is 3.02. The van der Waals surface area contributed by atoms with Crippen LogP contribution in [0, 0.1) is 0 Å². The minimum Gasteiger partial charge on any atom is -0.370 e. The van der Waals surface area contributed by atoms with E-state index in [1.54, 1.807) is 0 Å². The summed E-state index contributed by atoms with van der Waals surface area (Å²) in [5.41, 5.74) is 9.81. The van der Waals surface area contributed by atoms with Gasteiger partial charge in [0, 0.05) is 24.2 Å². The molecule has 0 radical (unpaired) electrons. The highest BCUT2D eigenvalue weighted by Crippen LogP contribution is 2.23. The molecule has 2 N–H and O–H groups in total. The third-order valence-electron chi connectivity index (χ3n) is 4.09. The molecule has 0 bridgehead atoms. The molecule has 1 heterocycles. The van der Waals surface area contributed by atoms with Crippen LogP contribution in [0.2, 0.25) is 0 Å².